The highest BCUT2D eigenvalue weighted by atomic mass is 15.3. The van der Waals surface area contributed by atoms with Crippen LogP contribution < -0.4 is 5.32 Å². The van der Waals surface area contributed by atoms with Crippen molar-refractivity contribution in [3.05, 3.63) is 47.0 Å². The van der Waals surface area contributed by atoms with Crippen LogP contribution in [0.5, 0.6) is 0 Å². The molecule has 0 aliphatic heterocycles. The average molecular weight is 244 g/mol. The first-order valence-corrected chi connectivity index (χ1v) is 6.27. The zero-order chi connectivity index (χ0) is 13.1. The van der Waals surface area contributed by atoms with Crippen molar-refractivity contribution in [3.63, 3.8) is 0 Å². The molecule has 0 saturated heterocycles. The first-order chi connectivity index (χ1) is 8.63. The Morgan fingerprint density at radius 3 is 2.61 bits per heavy atom. The molecular weight excluding hydrogens is 224 g/mol. The van der Waals surface area contributed by atoms with Gasteiger partial charge in [0.15, 0.2) is 0 Å². The van der Waals surface area contributed by atoms with Gasteiger partial charge >= 0.3 is 0 Å². The van der Waals surface area contributed by atoms with Gasteiger partial charge in [0, 0.05) is 30.7 Å². The maximum absolute atomic E-state index is 4.32. The molecule has 1 unspecified atom stereocenters. The van der Waals surface area contributed by atoms with Gasteiger partial charge in [0.1, 0.15) is 0 Å². The maximum atomic E-state index is 4.32. The number of aromatic nitrogens is 3. The highest BCUT2D eigenvalue weighted by Gasteiger charge is 2.18. The van der Waals surface area contributed by atoms with Crippen LogP contribution in [0.1, 0.15) is 35.3 Å². The number of nitrogens with zero attached hydrogens (tertiary/aromatic N) is 3. The summed E-state index contributed by atoms with van der Waals surface area (Å²) < 4.78 is 1.91. The van der Waals surface area contributed by atoms with Gasteiger partial charge in [0.05, 0.1) is 12.2 Å². The summed E-state index contributed by atoms with van der Waals surface area (Å²) in [6.45, 7) is 7.18. The van der Waals surface area contributed by atoms with Crippen LogP contribution in [0.2, 0.25) is 0 Å². The van der Waals surface area contributed by atoms with Crippen molar-refractivity contribution < 1.29 is 0 Å². The molecule has 0 radical (unpaired) electrons. The summed E-state index contributed by atoms with van der Waals surface area (Å²) in [6.07, 6.45) is 5.74. The predicted octanol–water partition coefficient (Wildman–Crippen LogP) is 2.13. The van der Waals surface area contributed by atoms with E-state index in [-0.39, 0.29) is 6.04 Å². The van der Waals surface area contributed by atoms with Gasteiger partial charge in [0.25, 0.3) is 0 Å². The first-order valence-electron chi connectivity index (χ1n) is 6.27. The lowest BCUT2D eigenvalue weighted by Gasteiger charge is -2.18. The molecule has 0 saturated carbocycles. The molecule has 0 aromatic carbocycles. The summed E-state index contributed by atoms with van der Waals surface area (Å²) in [5, 5.41) is 7.83. The summed E-state index contributed by atoms with van der Waals surface area (Å²) in [6, 6.07) is 2.34. The topological polar surface area (TPSA) is 42.7 Å². The molecule has 4 nitrogen and oxygen atoms in total. The molecule has 18 heavy (non-hydrogen) atoms. The molecule has 0 aliphatic carbocycles. The van der Waals surface area contributed by atoms with E-state index in [0.29, 0.717) is 0 Å². The van der Waals surface area contributed by atoms with Crippen molar-refractivity contribution in [2.75, 3.05) is 6.54 Å². The summed E-state index contributed by atoms with van der Waals surface area (Å²) in [4.78, 5) is 4.28. The van der Waals surface area contributed by atoms with E-state index in [2.05, 4.69) is 42.2 Å². The third-order valence-corrected chi connectivity index (χ3v) is 3.22. The molecule has 2 rings (SSSR count). The van der Waals surface area contributed by atoms with Gasteiger partial charge in [0.2, 0.25) is 0 Å². The smallest absolute Gasteiger partial charge is 0.0625 e. The number of nitrogens with one attached hydrogen (secondary N) is 1. The van der Waals surface area contributed by atoms with Gasteiger partial charge in [-0.2, -0.15) is 5.10 Å². The summed E-state index contributed by atoms with van der Waals surface area (Å²) in [7, 11) is 1.97. The highest BCUT2D eigenvalue weighted by Crippen LogP contribution is 2.24. The highest BCUT2D eigenvalue weighted by molar-refractivity contribution is 5.32. The fraction of sp³-hybridized carbons (Fsp3) is 0.429. The van der Waals surface area contributed by atoms with Crippen molar-refractivity contribution in [3.8, 4) is 0 Å². The van der Waals surface area contributed by atoms with Crippen molar-refractivity contribution in [1.29, 1.82) is 0 Å². The van der Waals surface area contributed by atoms with Gasteiger partial charge in [-0.3, -0.25) is 9.67 Å². The normalized spacial score (nSPS) is 12.7. The second-order valence-electron chi connectivity index (χ2n) is 4.60. The Balaban J connectivity index is 2.43. The van der Waals surface area contributed by atoms with E-state index >= 15 is 0 Å². The molecular formula is C14H20N4. The standard InChI is InChI=1S/C14H20N4/c1-5-16-14(12-6-10(2)7-15-8-12)13-9-17-18(4)11(13)3/h6-9,14,16H,5H2,1-4H3. The van der Waals surface area contributed by atoms with E-state index in [1.54, 1.807) is 0 Å². The third kappa shape index (κ3) is 2.43. The Bertz CT molecular complexity index is 530. The second kappa shape index (κ2) is 5.31. The molecule has 2 aromatic rings. The number of aryl methyl sites for hydroxylation is 2. The monoisotopic (exact) mass is 244 g/mol. The van der Waals surface area contributed by atoms with Crippen LogP contribution in [0.4, 0.5) is 0 Å². The quantitative estimate of drug-likeness (QED) is 0.896. The zero-order valence-electron chi connectivity index (χ0n) is 11.4. The van der Waals surface area contributed by atoms with Gasteiger partial charge < -0.3 is 5.32 Å². The van der Waals surface area contributed by atoms with E-state index in [1.807, 2.05) is 30.3 Å². The lowest BCUT2D eigenvalue weighted by molar-refractivity contribution is 0.622. The summed E-state index contributed by atoms with van der Waals surface area (Å²) in [5.41, 5.74) is 4.76. The molecule has 0 amide bonds. The van der Waals surface area contributed by atoms with Gasteiger partial charge in [-0.05, 0) is 31.5 Å². The Kier molecular flexibility index (Phi) is 3.77. The van der Waals surface area contributed by atoms with E-state index in [0.717, 1.165) is 6.54 Å². The Hall–Kier alpha value is -1.68. The second-order valence-corrected chi connectivity index (χ2v) is 4.60. The molecule has 1 N–H and O–H groups in total. The molecule has 2 heterocycles. The summed E-state index contributed by atoms with van der Waals surface area (Å²) in [5.74, 6) is 0. The number of pyridine rings is 1. The molecule has 2 aromatic heterocycles. The molecule has 0 bridgehead atoms. The van der Waals surface area contributed by atoms with Gasteiger partial charge in [-0.25, -0.2) is 0 Å². The zero-order valence-corrected chi connectivity index (χ0v) is 11.4. The van der Waals surface area contributed by atoms with Crippen molar-refractivity contribution in [2.24, 2.45) is 7.05 Å². The van der Waals surface area contributed by atoms with E-state index in [9.17, 15) is 0 Å². The predicted molar refractivity (Wildman–Crippen MR) is 72.4 cm³/mol. The number of rotatable bonds is 4. The SMILES string of the molecule is CCNC(c1cncc(C)c1)c1cnn(C)c1C. The largest absolute Gasteiger partial charge is 0.306 e. The van der Waals surface area contributed by atoms with Crippen LogP contribution in [-0.4, -0.2) is 21.3 Å². The van der Waals surface area contributed by atoms with Crippen LogP contribution >= 0.6 is 0 Å². The minimum absolute atomic E-state index is 0.163. The van der Waals surface area contributed by atoms with Crippen molar-refractivity contribution in [1.82, 2.24) is 20.1 Å². The first kappa shape index (κ1) is 12.8. The number of hydrogen-bond donors (Lipinski definition) is 1. The third-order valence-electron chi connectivity index (χ3n) is 3.22. The van der Waals surface area contributed by atoms with E-state index < -0.39 is 0 Å². The van der Waals surface area contributed by atoms with Crippen LogP contribution in [0.3, 0.4) is 0 Å². The lowest BCUT2D eigenvalue weighted by atomic mass is 10.00. The lowest BCUT2D eigenvalue weighted by Crippen LogP contribution is -2.22. The van der Waals surface area contributed by atoms with Gasteiger partial charge in [-0.15, -0.1) is 0 Å². The summed E-state index contributed by atoms with van der Waals surface area (Å²) >= 11 is 0. The van der Waals surface area contributed by atoms with E-state index in [1.165, 1.54) is 22.4 Å². The van der Waals surface area contributed by atoms with Gasteiger partial charge in [-0.1, -0.05) is 13.0 Å². The van der Waals surface area contributed by atoms with Crippen molar-refractivity contribution >= 4 is 0 Å². The Morgan fingerprint density at radius 2 is 2.06 bits per heavy atom. The molecule has 0 aliphatic rings. The molecule has 0 spiro atoms. The number of hydrogen-bond acceptors (Lipinski definition) is 3. The van der Waals surface area contributed by atoms with Crippen LogP contribution in [0, 0.1) is 13.8 Å². The maximum Gasteiger partial charge on any atom is 0.0625 e. The van der Waals surface area contributed by atoms with E-state index in [4.69, 9.17) is 0 Å². The van der Waals surface area contributed by atoms with Crippen LogP contribution in [0.25, 0.3) is 0 Å². The van der Waals surface area contributed by atoms with Crippen LogP contribution in [-0.2, 0) is 7.05 Å². The fourth-order valence-electron chi connectivity index (χ4n) is 2.15. The van der Waals surface area contributed by atoms with Crippen molar-refractivity contribution in [2.45, 2.75) is 26.8 Å². The molecule has 4 heteroatoms. The fourth-order valence-corrected chi connectivity index (χ4v) is 2.15. The average Bonchev–Trinajstić information content (AvgIpc) is 2.67. The molecule has 96 valence electrons. The Labute approximate surface area is 108 Å². The molecule has 1 atom stereocenters. The minimum Gasteiger partial charge on any atom is -0.306 e. The minimum atomic E-state index is 0.163. The van der Waals surface area contributed by atoms with Crippen LogP contribution in [0.15, 0.2) is 24.7 Å². The molecule has 0 fully saturated rings. The Morgan fingerprint density at radius 1 is 1.28 bits per heavy atom.